The van der Waals surface area contributed by atoms with Gasteiger partial charge in [-0.25, -0.2) is 0 Å². The predicted octanol–water partition coefficient (Wildman–Crippen LogP) is 1.20. The van der Waals surface area contributed by atoms with E-state index in [0.717, 1.165) is 26.0 Å². The summed E-state index contributed by atoms with van der Waals surface area (Å²) in [6, 6.07) is 0. The van der Waals surface area contributed by atoms with Gasteiger partial charge in [0.05, 0.1) is 32.0 Å². The molecule has 0 aliphatic rings. The van der Waals surface area contributed by atoms with Gasteiger partial charge in [-0.1, -0.05) is 0 Å². The van der Waals surface area contributed by atoms with Crippen LogP contribution in [0, 0.1) is 0 Å². The second-order valence-corrected chi connectivity index (χ2v) is 4.76. The van der Waals surface area contributed by atoms with E-state index in [0.29, 0.717) is 39.1 Å². The Kier molecular flexibility index (Phi) is 14.1. The lowest BCUT2D eigenvalue weighted by Gasteiger charge is -2.12. The van der Waals surface area contributed by atoms with E-state index in [-0.39, 0.29) is 0 Å². The van der Waals surface area contributed by atoms with Gasteiger partial charge in [-0.05, 0) is 40.2 Å². The molecule has 116 valence electrons. The van der Waals surface area contributed by atoms with Gasteiger partial charge >= 0.3 is 0 Å². The van der Waals surface area contributed by atoms with Gasteiger partial charge in [-0.3, -0.25) is 0 Å². The van der Waals surface area contributed by atoms with E-state index in [2.05, 4.69) is 5.32 Å². The van der Waals surface area contributed by atoms with Gasteiger partial charge in [-0.2, -0.15) is 0 Å². The minimum atomic E-state index is -0.450. The number of hydrogen-bond donors (Lipinski definition) is 2. The molecule has 0 aliphatic heterocycles. The van der Waals surface area contributed by atoms with E-state index >= 15 is 0 Å². The van der Waals surface area contributed by atoms with Crippen LogP contribution >= 0.6 is 0 Å². The van der Waals surface area contributed by atoms with Crippen molar-refractivity contribution < 1.29 is 19.3 Å². The fraction of sp³-hybridized carbons (Fsp3) is 1.00. The molecule has 0 aliphatic carbocycles. The highest BCUT2D eigenvalue weighted by molar-refractivity contribution is 4.58. The lowest BCUT2D eigenvalue weighted by atomic mass is 10.3. The molecule has 0 aromatic carbocycles. The number of hydrogen-bond acceptors (Lipinski definition) is 5. The van der Waals surface area contributed by atoms with Crippen LogP contribution in [0.4, 0.5) is 0 Å². The number of ether oxygens (including phenoxy) is 3. The highest BCUT2D eigenvalue weighted by Gasteiger charge is 2.03. The Hall–Kier alpha value is -0.200. The molecule has 0 fully saturated rings. The summed E-state index contributed by atoms with van der Waals surface area (Å²) in [4.78, 5) is 0. The van der Waals surface area contributed by atoms with Gasteiger partial charge in [0.25, 0.3) is 0 Å². The molecule has 0 aromatic rings. The first-order valence-corrected chi connectivity index (χ1v) is 7.32. The largest absolute Gasteiger partial charge is 0.389 e. The summed E-state index contributed by atoms with van der Waals surface area (Å²) >= 11 is 0. The van der Waals surface area contributed by atoms with Crippen molar-refractivity contribution in [3.8, 4) is 0 Å². The highest BCUT2D eigenvalue weighted by atomic mass is 16.5. The Bertz CT molecular complexity index is 179. The van der Waals surface area contributed by atoms with Crippen LogP contribution in [-0.2, 0) is 14.2 Å². The van der Waals surface area contributed by atoms with Gasteiger partial charge in [0.1, 0.15) is 0 Å². The predicted molar refractivity (Wildman–Crippen MR) is 76.5 cm³/mol. The van der Waals surface area contributed by atoms with Crippen molar-refractivity contribution in [2.75, 3.05) is 46.1 Å². The van der Waals surface area contributed by atoms with E-state index in [1.807, 2.05) is 20.8 Å². The second kappa shape index (κ2) is 14.2. The van der Waals surface area contributed by atoms with Crippen molar-refractivity contribution in [2.45, 2.75) is 45.8 Å². The molecule has 0 amide bonds. The number of unbranched alkanes of at least 4 members (excludes halogenated alkanes) is 1. The summed E-state index contributed by atoms with van der Waals surface area (Å²) in [6.07, 6.45) is 1.97. The fourth-order valence-electron chi connectivity index (χ4n) is 1.48. The van der Waals surface area contributed by atoms with Crippen molar-refractivity contribution in [1.29, 1.82) is 0 Å². The van der Waals surface area contributed by atoms with Gasteiger partial charge < -0.3 is 24.6 Å². The average Bonchev–Trinajstić information content (AvgIpc) is 2.37. The maximum absolute atomic E-state index is 9.63. The minimum absolute atomic E-state index is 0.309. The Morgan fingerprint density at radius 1 is 1.05 bits per heavy atom. The standard InChI is InChI=1S/C14H31NO4/c1-4-17-9-10-18-12-14(16)11-15-7-5-6-8-19-13(2)3/h13-16H,4-12H2,1-3H3. The summed E-state index contributed by atoms with van der Waals surface area (Å²) in [5, 5.41) is 12.8. The minimum Gasteiger partial charge on any atom is -0.389 e. The van der Waals surface area contributed by atoms with E-state index in [4.69, 9.17) is 14.2 Å². The number of rotatable bonds is 14. The number of nitrogens with one attached hydrogen (secondary N) is 1. The second-order valence-electron chi connectivity index (χ2n) is 4.76. The molecule has 2 N–H and O–H groups in total. The molecule has 1 unspecified atom stereocenters. The molecular weight excluding hydrogens is 246 g/mol. The topological polar surface area (TPSA) is 60.0 Å². The smallest absolute Gasteiger partial charge is 0.0897 e. The Balaban J connectivity index is 3.13. The summed E-state index contributed by atoms with van der Waals surface area (Å²) in [6.45, 7) is 10.5. The number of aliphatic hydroxyl groups is 1. The average molecular weight is 277 g/mol. The molecule has 0 heterocycles. The molecule has 0 saturated heterocycles. The summed E-state index contributed by atoms with van der Waals surface area (Å²) in [5.41, 5.74) is 0. The molecule has 5 nitrogen and oxygen atoms in total. The molecule has 0 spiro atoms. The first-order valence-electron chi connectivity index (χ1n) is 7.32. The maximum Gasteiger partial charge on any atom is 0.0897 e. The molecule has 0 radical (unpaired) electrons. The number of aliphatic hydroxyl groups excluding tert-OH is 1. The van der Waals surface area contributed by atoms with Gasteiger partial charge in [0, 0.05) is 19.8 Å². The van der Waals surface area contributed by atoms with Crippen LogP contribution < -0.4 is 5.32 Å². The van der Waals surface area contributed by atoms with Crippen LogP contribution in [0.5, 0.6) is 0 Å². The van der Waals surface area contributed by atoms with Crippen molar-refractivity contribution in [3.05, 3.63) is 0 Å². The van der Waals surface area contributed by atoms with E-state index < -0.39 is 6.10 Å². The third-order valence-electron chi connectivity index (χ3n) is 2.47. The van der Waals surface area contributed by atoms with E-state index in [1.165, 1.54) is 0 Å². The molecule has 19 heavy (non-hydrogen) atoms. The lowest BCUT2D eigenvalue weighted by molar-refractivity contribution is 0.00648. The van der Waals surface area contributed by atoms with Crippen LogP contribution in [0.1, 0.15) is 33.6 Å². The van der Waals surface area contributed by atoms with E-state index in [9.17, 15) is 5.11 Å². The molecule has 1 atom stereocenters. The third-order valence-corrected chi connectivity index (χ3v) is 2.47. The van der Waals surface area contributed by atoms with Crippen molar-refractivity contribution in [1.82, 2.24) is 5.32 Å². The van der Waals surface area contributed by atoms with Crippen molar-refractivity contribution in [2.24, 2.45) is 0 Å². The highest BCUT2D eigenvalue weighted by Crippen LogP contribution is 1.93. The summed E-state index contributed by atoms with van der Waals surface area (Å²) in [5.74, 6) is 0. The van der Waals surface area contributed by atoms with Crippen molar-refractivity contribution in [3.63, 3.8) is 0 Å². The molecular formula is C14H31NO4. The summed E-state index contributed by atoms with van der Waals surface area (Å²) in [7, 11) is 0. The van der Waals surface area contributed by atoms with Crippen LogP contribution in [-0.4, -0.2) is 63.4 Å². The van der Waals surface area contributed by atoms with Gasteiger partial charge in [-0.15, -0.1) is 0 Å². The molecule has 5 heteroatoms. The quantitative estimate of drug-likeness (QED) is 0.467. The zero-order valence-electron chi connectivity index (χ0n) is 12.7. The Morgan fingerprint density at radius 2 is 1.79 bits per heavy atom. The maximum atomic E-state index is 9.63. The molecule has 0 rings (SSSR count). The zero-order valence-corrected chi connectivity index (χ0v) is 12.7. The van der Waals surface area contributed by atoms with Crippen LogP contribution in [0.15, 0.2) is 0 Å². The first-order chi connectivity index (χ1) is 9.16. The summed E-state index contributed by atoms with van der Waals surface area (Å²) < 4.78 is 15.9. The molecule has 0 saturated carbocycles. The van der Waals surface area contributed by atoms with Crippen LogP contribution in [0.3, 0.4) is 0 Å². The zero-order chi connectivity index (χ0) is 14.3. The van der Waals surface area contributed by atoms with Gasteiger partial charge in [0.2, 0.25) is 0 Å². The SMILES string of the molecule is CCOCCOCC(O)CNCCCCOC(C)C. The van der Waals surface area contributed by atoms with Gasteiger partial charge in [0.15, 0.2) is 0 Å². The van der Waals surface area contributed by atoms with Crippen LogP contribution in [0.2, 0.25) is 0 Å². The monoisotopic (exact) mass is 277 g/mol. The lowest BCUT2D eigenvalue weighted by Crippen LogP contribution is -2.31. The van der Waals surface area contributed by atoms with Crippen LogP contribution in [0.25, 0.3) is 0 Å². The third kappa shape index (κ3) is 15.7. The first kappa shape index (κ1) is 18.8. The molecule has 0 aromatic heterocycles. The van der Waals surface area contributed by atoms with Crippen molar-refractivity contribution >= 4 is 0 Å². The Labute approximate surface area is 117 Å². The normalized spacial score (nSPS) is 13.1. The fourth-order valence-corrected chi connectivity index (χ4v) is 1.48. The Morgan fingerprint density at radius 3 is 2.47 bits per heavy atom. The molecule has 0 bridgehead atoms. The van der Waals surface area contributed by atoms with E-state index in [1.54, 1.807) is 0 Å².